The van der Waals surface area contributed by atoms with Gasteiger partial charge >= 0.3 is 0 Å². The Morgan fingerprint density at radius 2 is 1.70 bits per heavy atom. The second-order valence-corrected chi connectivity index (χ2v) is 8.09. The van der Waals surface area contributed by atoms with E-state index < -0.39 is 0 Å². The van der Waals surface area contributed by atoms with Crippen molar-refractivity contribution in [1.82, 2.24) is 0 Å². The second-order valence-electron chi connectivity index (χ2n) is 8.09. The normalized spacial score (nSPS) is 24.4. The molecule has 1 unspecified atom stereocenters. The Hall–Kier alpha value is -1.24. The Morgan fingerprint density at radius 3 is 2.00 bits per heavy atom. The van der Waals surface area contributed by atoms with Crippen LogP contribution in [0.5, 0.6) is 0 Å². The lowest BCUT2D eigenvalue weighted by Gasteiger charge is -2.41. The van der Waals surface area contributed by atoms with E-state index in [1.165, 1.54) is 0 Å². The molecule has 1 atom stereocenters. The van der Waals surface area contributed by atoms with Crippen LogP contribution in [-0.4, -0.2) is 5.11 Å². The van der Waals surface area contributed by atoms with Gasteiger partial charge < -0.3 is 5.11 Å². The summed E-state index contributed by atoms with van der Waals surface area (Å²) in [5.74, 6) is 0.462. The van der Waals surface area contributed by atoms with Gasteiger partial charge in [-0.25, -0.2) is 0 Å². The molecular formula is C19H30O. The molecule has 0 radical (unpaired) electrons. The van der Waals surface area contributed by atoms with Crippen molar-refractivity contribution in [2.75, 3.05) is 0 Å². The van der Waals surface area contributed by atoms with Gasteiger partial charge in [-0.05, 0) is 35.3 Å². The van der Waals surface area contributed by atoms with E-state index in [-0.39, 0.29) is 16.2 Å². The van der Waals surface area contributed by atoms with E-state index >= 15 is 0 Å². The third kappa shape index (κ3) is 2.92. The summed E-state index contributed by atoms with van der Waals surface area (Å²) in [6.45, 7) is 23.1. The average molecular weight is 274 g/mol. The highest BCUT2D eigenvalue weighted by molar-refractivity contribution is 5.47. The molecule has 0 aromatic rings. The van der Waals surface area contributed by atoms with Gasteiger partial charge in [0.05, 0.1) is 0 Å². The second kappa shape index (κ2) is 4.95. The number of rotatable bonds is 2. The Balaban J connectivity index is 3.62. The fourth-order valence-electron chi connectivity index (χ4n) is 2.69. The molecule has 112 valence electrons. The van der Waals surface area contributed by atoms with Crippen LogP contribution in [0.3, 0.4) is 0 Å². The van der Waals surface area contributed by atoms with Gasteiger partial charge in [-0.2, -0.15) is 0 Å². The first-order chi connectivity index (χ1) is 8.85. The molecule has 0 aliphatic heterocycles. The lowest BCUT2D eigenvalue weighted by atomic mass is 9.63. The molecule has 1 N–H and O–H groups in total. The molecule has 1 heteroatoms. The molecule has 0 amide bonds. The molecule has 1 aliphatic rings. The number of aliphatic hydroxyl groups is 1. The first kappa shape index (κ1) is 16.8. The maximum atomic E-state index is 10.8. The van der Waals surface area contributed by atoms with Crippen molar-refractivity contribution in [3.05, 3.63) is 47.8 Å². The summed E-state index contributed by atoms with van der Waals surface area (Å²) in [7, 11) is 0. The maximum absolute atomic E-state index is 10.8. The van der Waals surface area contributed by atoms with Crippen LogP contribution in [0.4, 0.5) is 0 Å². The molecule has 0 aromatic carbocycles. The molecule has 1 aliphatic carbocycles. The summed E-state index contributed by atoms with van der Waals surface area (Å²) in [5, 5.41) is 10.8. The summed E-state index contributed by atoms with van der Waals surface area (Å²) in [6.07, 6.45) is 4.90. The SMILES string of the molecule is C=CC1(C(=C)C)C=C(C(C)(C)C)C(O)=C(C(C)(C)C)C1. The van der Waals surface area contributed by atoms with Crippen molar-refractivity contribution in [2.24, 2.45) is 16.2 Å². The van der Waals surface area contributed by atoms with Crippen LogP contribution in [0.25, 0.3) is 0 Å². The molecule has 0 fully saturated rings. The minimum absolute atomic E-state index is 0.0709. The molecule has 0 aromatic heterocycles. The minimum Gasteiger partial charge on any atom is -0.508 e. The van der Waals surface area contributed by atoms with Crippen molar-refractivity contribution in [3.63, 3.8) is 0 Å². The molecule has 0 saturated carbocycles. The summed E-state index contributed by atoms with van der Waals surface area (Å²) in [6, 6.07) is 0. The zero-order chi connectivity index (χ0) is 15.9. The molecule has 0 spiro atoms. The van der Waals surface area contributed by atoms with E-state index in [0.717, 1.165) is 23.1 Å². The fraction of sp³-hybridized carbons (Fsp3) is 0.579. The molecule has 1 rings (SSSR count). The molecule has 1 nitrogen and oxygen atoms in total. The van der Waals surface area contributed by atoms with Gasteiger partial charge in [0, 0.05) is 5.41 Å². The van der Waals surface area contributed by atoms with Crippen molar-refractivity contribution < 1.29 is 5.11 Å². The van der Waals surface area contributed by atoms with Crippen molar-refractivity contribution in [1.29, 1.82) is 0 Å². The number of allylic oxidation sites excluding steroid dienone is 5. The van der Waals surface area contributed by atoms with E-state index in [9.17, 15) is 5.11 Å². The van der Waals surface area contributed by atoms with Crippen LogP contribution >= 0.6 is 0 Å². The van der Waals surface area contributed by atoms with Crippen LogP contribution in [0, 0.1) is 16.2 Å². The monoisotopic (exact) mass is 274 g/mol. The van der Waals surface area contributed by atoms with Crippen molar-refractivity contribution in [2.45, 2.75) is 54.9 Å². The zero-order valence-corrected chi connectivity index (χ0v) is 14.2. The minimum atomic E-state index is -0.253. The fourth-order valence-corrected chi connectivity index (χ4v) is 2.69. The summed E-state index contributed by atoms with van der Waals surface area (Å²) >= 11 is 0. The van der Waals surface area contributed by atoms with Gasteiger partial charge in [0.15, 0.2) is 0 Å². The predicted molar refractivity (Wildman–Crippen MR) is 88.7 cm³/mol. The zero-order valence-electron chi connectivity index (χ0n) is 14.2. The van der Waals surface area contributed by atoms with Gasteiger partial charge in [-0.3, -0.25) is 0 Å². The standard InChI is InChI=1S/C19H30O/c1-10-19(13(2)3)11-14(17(4,5)6)16(20)15(12-19)18(7,8)9/h10-11,20H,1-2,12H2,3-9H3. The van der Waals surface area contributed by atoms with Gasteiger partial charge in [0.25, 0.3) is 0 Å². The van der Waals surface area contributed by atoms with Crippen LogP contribution in [0.1, 0.15) is 54.9 Å². The van der Waals surface area contributed by atoms with E-state index in [2.05, 4.69) is 60.8 Å². The Labute approximate surface area is 124 Å². The quantitative estimate of drug-likeness (QED) is 0.615. The van der Waals surface area contributed by atoms with Crippen molar-refractivity contribution >= 4 is 0 Å². The lowest BCUT2D eigenvalue weighted by molar-refractivity contribution is 0.317. The summed E-state index contributed by atoms with van der Waals surface area (Å²) < 4.78 is 0. The first-order valence-electron chi connectivity index (χ1n) is 7.31. The first-order valence-corrected chi connectivity index (χ1v) is 7.31. The number of hydrogen-bond acceptors (Lipinski definition) is 1. The maximum Gasteiger partial charge on any atom is 0.118 e. The van der Waals surface area contributed by atoms with Gasteiger partial charge in [-0.1, -0.05) is 65.8 Å². The Bertz CT molecular complexity index is 489. The van der Waals surface area contributed by atoms with Gasteiger partial charge in [-0.15, -0.1) is 6.58 Å². The van der Waals surface area contributed by atoms with Gasteiger partial charge in [0.2, 0.25) is 0 Å². The smallest absolute Gasteiger partial charge is 0.118 e. The molecule has 0 bridgehead atoms. The molecule has 0 heterocycles. The summed E-state index contributed by atoms with van der Waals surface area (Å²) in [5.41, 5.74) is 2.73. The van der Waals surface area contributed by atoms with E-state index in [1.807, 2.05) is 13.0 Å². The van der Waals surface area contributed by atoms with Crippen molar-refractivity contribution in [3.8, 4) is 0 Å². The highest BCUT2D eigenvalue weighted by Crippen LogP contribution is 2.51. The predicted octanol–water partition coefficient (Wildman–Crippen LogP) is 5.97. The third-order valence-electron chi connectivity index (χ3n) is 4.28. The van der Waals surface area contributed by atoms with Crippen LogP contribution in [0.2, 0.25) is 0 Å². The molecule has 20 heavy (non-hydrogen) atoms. The van der Waals surface area contributed by atoms with E-state index in [0.29, 0.717) is 5.76 Å². The van der Waals surface area contributed by atoms with E-state index in [1.54, 1.807) is 0 Å². The summed E-state index contributed by atoms with van der Waals surface area (Å²) in [4.78, 5) is 0. The average Bonchev–Trinajstić information content (AvgIpc) is 2.26. The highest BCUT2D eigenvalue weighted by atomic mass is 16.3. The Kier molecular flexibility index (Phi) is 4.16. The van der Waals surface area contributed by atoms with Crippen LogP contribution < -0.4 is 0 Å². The van der Waals surface area contributed by atoms with E-state index in [4.69, 9.17) is 0 Å². The third-order valence-corrected chi connectivity index (χ3v) is 4.28. The van der Waals surface area contributed by atoms with Crippen LogP contribution in [0.15, 0.2) is 47.8 Å². The largest absolute Gasteiger partial charge is 0.508 e. The van der Waals surface area contributed by atoms with Crippen LogP contribution in [-0.2, 0) is 0 Å². The topological polar surface area (TPSA) is 20.2 Å². The Morgan fingerprint density at radius 1 is 1.20 bits per heavy atom. The molecule has 0 saturated heterocycles. The highest BCUT2D eigenvalue weighted by Gasteiger charge is 2.39. The van der Waals surface area contributed by atoms with Gasteiger partial charge in [0.1, 0.15) is 5.76 Å². The number of hydrogen-bond donors (Lipinski definition) is 1. The number of aliphatic hydroxyl groups excluding tert-OH is 1. The molecular weight excluding hydrogens is 244 g/mol. The lowest BCUT2D eigenvalue weighted by Crippen LogP contribution is -2.30.